The third kappa shape index (κ3) is 5.42. The Bertz CT molecular complexity index is 368. The molecule has 1 atom stereocenters. The zero-order chi connectivity index (χ0) is 12.9. The Morgan fingerprint density at radius 3 is 2.76 bits per heavy atom. The van der Waals surface area contributed by atoms with Crippen LogP contribution in [-0.2, 0) is 6.54 Å². The summed E-state index contributed by atoms with van der Waals surface area (Å²) in [6, 6.07) is 6.31. The second-order valence-electron chi connectivity index (χ2n) is 4.63. The molecular formula is C13H20BrNOS. The molecular weight excluding hydrogens is 298 g/mol. The molecule has 96 valence electrons. The quantitative estimate of drug-likeness (QED) is 0.846. The predicted molar refractivity (Wildman–Crippen MR) is 79.6 cm³/mol. The maximum absolute atomic E-state index is 10.0. The van der Waals surface area contributed by atoms with Crippen molar-refractivity contribution in [2.45, 2.75) is 26.0 Å². The van der Waals surface area contributed by atoms with Crippen molar-refractivity contribution in [2.24, 2.45) is 0 Å². The number of hydrogen-bond donors (Lipinski definition) is 2. The van der Waals surface area contributed by atoms with Gasteiger partial charge in [-0.2, -0.15) is 11.8 Å². The molecule has 0 bridgehead atoms. The molecule has 17 heavy (non-hydrogen) atoms. The molecule has 0 amide bonds. The van der Waals surface area contributed by atoms with E-state index >= 15 is 0 Å². The number of thioether (sulfide) groups is 1. The van der Waals surface area contributed by atoms with Crippen molar-refractivity contribution in [1.82, 2.24) is 5.32 Å². The van der Waals surface area contributed by atoms with Crippen LogP contribution in [0, 0.1) is 6.92 Å². The third-order valence-corrected chi connectivity index (χ3v) is 4.13. The monoisotopic (exact) mass is 317 g/mol. The Morgan fingerprint density at radius 1 is 1.47 bits per heavy atom. The van der Waals surface area contributed by atoms with Gasteiger partial charge in [0.05, 0.1) is 5.60 Å². The standard InChI is InChI=1S/C13H20BrNOS/c1-10-4-5-11(12(14)6-10)7-15-8-13(2,16)9-17-3/h4-6,15-16H,7-9H2,1-3H3. The maximum atomic E-state index is 10.0. The summed E-state index contributed by atoms with van der Waals surface area (Å²) in [5, 5.41) is 13.3. The fourth-order valence-corrected chi connectivity index (χ4v) is 2.98. The maximum Gasteiger partial charge on any atom is 0.0833 e. The lowest BCUT2D eigenvalue weighted by Gasteiger charge is -2.22. The normalized spacial score (nSPS) is 14.6. The fourth-order valence-electron chi connectivity index (χ4n) is 1.62. The Balaban J connectivity index is 2.46. The summed E-state index contributed by atoms with van der Waals surface area (Å²) in [6.45, 7) is 5.31. The van der Waals surface area contributed by atoms with Crippen LogP contribution < -0.4 is 5.32 Å². The van der Waals surface area contributed by atoms with Gasteiger partial charge in [0.1, 0.15) is 0 Å². The van der Waals surface area contributed by atoms with Gasteiger partial charge in [0.15, 0.2) is 0 Å². The molecule has 0 aliphatic heterocycles. The molecule has 0 spiro atoms. The minimum absolute atomic E-state index is 0.605. The number of aliphatic hydroxyl groups is 1. The molecule has 0 radical (unpaired) electrons. The molecule has 1 unspecified atom stereocenters. The lowest BCUT2D eigenvalue weighted by molar-refractivity contribution is 0.0846. The van der Waals surface area contributed by atoms with Crippen LogP contribution in [0.3, 0.4) is 0 Å². The summed E-state index contributed by atoms with van der Waals surface area (Å²) >= 11 is 5.21. The number of hydrogen-bond acceptors (Lipinski definition) is 3. The first-order valence-electron chi connectivity index (χ1n) is 5.62. The summed E-state index contributed by atoms with van der Waals surface area (Å²) in [4.78, 5) is 0. The highest BCUT2D eigenvalue weighted by molar-refractivity contribution is 9.10. The van der Waals surface area contributed by atoms with Gasteiger partial charge in [-0.05, 0) is 37.3 Å². The Hall–Kier alpha value is -0.0300. The van der Waals surface area contributed by atoms with E-state index in [9.17, 15) is 5.11 Å². The zero-order valence-electron chi connectivity index (χ0n) is 10.6. The smallest absolute Gasteiger partial charge is 0.0833 e. The number of rotatable bonds is 6. The van der Waals surface area contributed by atoms with Gasteiger partial charge in [-0.3, -0.25) is 0 Å². The van der Waals surface area contributed by atoms with E-state index in [-0.39, 0.29) is 0 Å². The van der Waals surface area contributed by atoms with E-state index in [1.54, 1.807) is 11.8 Å². The van der Waals surface area contributed by atoms with Gasteiger partial charge in [0.25, 0.3) is 0 Å². The number of aryl methyl sites for hydroxylation is 1. The van der Waals surface area contributed by atoms with Crippen LogP contribution in [0.2, 0.25) is 0 Å². The molecule has 1 aromatic carbocycles. The van der Waals surface area contributed by atoms with Crippen LogP contribution in [0.4, 0.5) is 0 Å². The molecule has 0 heterocycles. The zero-order valence-corrected chi connectivity index (χ0v) is 13.0. The molecule has 0 saturated heterocycles. The number of nitrogens with one attached hydrogen (secondary N) is 1. The molecule has 2 N–H and O–H groups in total. The number of halogens is 1. The topological polar surface area (TPSA) is 32.3 Å². The summed E-state index contributed by atoms with van der Waals surface area (Å²) < 4.78 is 1.12. The van der Waals surface area contributed by atoms with Crippen molar-refractivity contribution < 1.29 is 5.11 Å². The first kappa shape index (κ1) is 15.0. The van der Waals surface area contributed by atoms with Gasteiger partial charge in [-0.1, -0.05) is 28.1 Å². The van der Waals surface area contributed by atoms with Crippen molar-refractivity contribution in [3.8, 4) is 0 Å². The van der Waals surface area contributed by atoms with Crippen molar-refractivity contribution in [1.29, 1.82) is 0 Å². The minimum atomic E-state index is -0.642. The lowest BCUT2D eigenvalue weighted by atomic mass is 10.1. The molecule has 4 heteroatoms. The molecule has 1 rings (SSSR count). The summed E-state index contributed by atoms with van der Waals surface area (Å²) in [6.07, 6.45) is 2.00. The molecule has 1 aromatic rings. The van der Waals surface area contributed by atoms with E-state index in [2.05, 4.69) is 46.4 Å². The molecule has 0 saturated carbocycles. The summed E-state index contributed by atoms with van der Waals surface area (Å²) in [7, 11) is 0. The molecule has 0 aromatic heterocycles. The summed E-state index contributed by atoms with van der Waals surface area (Å²) in [5.74, 6) is 0.745. The van der Waals surface area contributed by atoms with E-state index in [0.29, 0.717) is 6.54 Å². The van der Waals surface area contributed by atoms with E-state index in [1.165, 1.54) is 11.1 Å². The highest BCUT2D eigenvalue weighted by atomic mass is 79.9. The van der Waals surface area contributed by atoms with Crippen LogP contribution in [0.15, 0.2) is 22.7 Å². The van der Waals surface area contributed by atoms with E-state index in [1.807, 2.05) is 13.2 Å². The van der Waals surface area contributed by atoms with E-state index < -0.39 is 5.60 Å². The van der Waals surface area contributed by atoms with Crippen molar-refractivity contribution in [3.05, 3.63) is 33.8 Å². The second kappa shape index (κ2) is 6.78. The lowest BCUT2D eigenvalue weighted by Crippen LogP contribution is -2.39. The van der Waals surface area contributed by atoms with Crippen LogP contribution >= 0.6 is 27.7 Å². The van der Waals surface area contributed by atoms with E-state index in [4.69, 9.17) is 0 Å². The Labute approximate surface area is 116 Å². The van der Waals surface area contributed by atoms with Crippen LogP contribution in [0.25, 0.3) is 0 Å². The molecule has 0 aliphatic carbocycles. The highest BCUT2D eigenvalue weighted by Gasteiger charge is 2.18. The van der Waals surface area contributed by atoms with Gasteiger partial charge in [-0.15, -0.1) is 0 Å². The summed E-state index contributed by atoms with van der Waals surface area (Å²) in [5.41, 5.74) is 1.82. The fraction of sp³-hybridized carbons (Fsp3) is 0.538. The van der Waals surface area contributed by atoms with Crippen molar-refractivity contribution in [2.75, 3.05) is 18.6 Å². The van der Waals surface area contributed by atoms with Crippen LogP contribution in [-0.4, -0.2) is 29.3 Å². The van der Waals surface area contributed by atoms with Gasteiger partial charge in [0.2, 0.25) is 0 Å². The van der Waals surface area contributed by atoms with Gasteiger partial charge in [-0.25, -0.2) is 0 Å². The first-order valence-corrected chi connectivity index (χ1v) is 7.80. The molecule has 0 aliphatic rings. The van der Waals surface area contributed by atoms with E-state index in [0.717, 1.165) is 16.8 Å². The first-order chi connectivity index (χ1) is 7.94. The van der Waals surface area contributed by atoms with Gasteiger partial charge < -0.3 is 10.4 Å². The Morgan fingerprint density at radius 2 is 2.18 bits per heavy atom. The van der Waals surface area contributed by atoms with Gasteiger partial charge in [0, 0.05) is 23.3 Å². The number of benzene rings is 1. The predicted octanol–water partition coefficient (Wildman–Crippen LogP) is 2.96. The molecule has 2 nitrogen and oxygen atoms in total. The average Bonchev–Trinajstić information content (AvgIpc) is 2.21. The van der Waals surface area contributed by atoms with Crippen LogP contribution in [0.5, 0.6) is 0 Å². The SMILES string of the molecule is CSCC(C)(O)CNCc1ccc(C)cc1Br. The van der Waals surface area contributed by atoms with Crippen molar-refractivity contribution in [3.63, 3.8) is 0 Å². The third-order valence-electron chi connectivity index (χ3n) is 2.49. The second-order valence-corrected chi connectivity index (χ2v) is 6.35. The molecule has 0 fully saturated rings. The largest absolute Gasteiger partial charge is 0.388 e. The van der Waals surface area contributed by atoms with Crippen molar-refractivity contribution >= 4 is 27.7 Å². The highest BCUT2D eigenvalue weighted by Crippen LogP contribution is 2.18. The Kier molecular flexibility index (Phi) is 6.00. The minimum Gasteiger partial charge on any atom is -0.388 e. The van der Waals surface area contributed by atoms with Crippen LogP contribution in [0.1, 0.15) is 18.1 Å². The average molecular weight is 318 g/mol. The van der Waals surface area contributed by atoms with Gasteiger partial charge >= 0.3 is 0 Å².